The van der Waals surface area contributed by atoms with Crippen LogP contribution in [0.1, 0.15) is 216 Å². The molecule has 250 valence electrons. The van der Waals surface area contributed by atoms with Gasteiger partial charge in [-0.2, -0.15) is 0 Å². The molecule has 0 spiro atoms. The van der Waals surface area contributed by atoms with Crippen molar-refractivity contribution in [3.05, 3.63) is 0 Å². The van der Waals surface area contributed by atoms with Crippen LogP contribution < -0.4 is 0 Å². The topological polar surface area (TPSA) is 94.8 Å². The normalized spacial score (nSPS) is 11.4. The monoisotopic (exact) mass is 611 g/mol. The number of carboxylic acid groups (broad SMARTS) is 2. The van der Waals surface area contributed by atoms with Crippen LogP contribution in [0.2, 0.25) is 0 Å². The van der Waals surface area contributed by atoms with Gasteiger partial charge in [0.2, 0.25) is 0 Å². The molecule has 0 aliphatic carbocycles. The molecule has 3 N–H and O–H groups in total. The van der Waals surface area contributed by atoms with Crippen molar-refractivity contribution in [3.8, 4) is 0 Å². The van der Waals surface area contributed by atoms with E-state index in [9.17, 15) is 14.7 Å². The summed E-state index contributed by atoms with van der Waals surface area (Å²) in [6.07, 6.45) is 36.5. The Morgan fingerprint density at radius 1 is 0.429 bits per heavy atom. The van der Waals surface area contributed by atoms with Gasteiger partial charge in [0.15, 0.2) is 0 Å². The van der Waals surface area contributed by atoms with Gasteiger partial charge in [0, 0.05) is 12.8 Å². The summed E-state index contributed by atoms with van der Waals surface area (Å²) in [4.78, 5) is 20.7. The Balaban J connectivity index is -0.000000216. The van der Waals surface area contributed by atoms with Crippen LogP contribution in [0.15, 0.2) is 0 Å². The van der Waals surface area contributed by atoms with Crippen LogP contribution in [-0.2, 0) is 9.59 Å². The molecule has 0 aliphatic rings. The largest absolute Gasteiger partial charge is 2.00 e. The number of carboxylic acids is 2. The standard InChI is InChI=1S/C18H36O3.C18H36O2.Mg.2H/c1-2-3-4-11-14-17(19)15-12-9-7-5-6-8-10-13-16-18(20)21;1-2-3-4-5-6-7-8-9-10-11-12-13-14-15-16-17-18(19)20;;;/h17,19H,2-16H2,1H3,(H,20,21);2-17H2,1H3,(H,19,20);;;/q;;+2;2*-1. The molecule has 0 aromatic heterocycles. The first kappa shape index (κ1) is 46.1. The molecule has 0 aromatic carbocycles. The van der Waals surface area contributed by atoms with Crippen LogP contribution in [0.5, 0.6) is 0 Å². The molecule has 0 amide bonds. The van der Waals surface area contributed by atoms with Crippen molar-refractivity contribution >= 4 is 35.0 Å². The molecule has 0 bridgehead atoms. The Bertz CT molecular complexity index is 541. The predicted molar refractivity (Wildman–Crippen MR) is 184 cm³/mol. The molecule has 0 rings (SSSR count). The number of hydrogen-bond acceptors (Lipinski definition) is 3. The Kier molecular flexibility index (Phi) is 44.6. The number of aliphatic hydroxyl groups is 1. The third-order valence-corrected chi connectivity index (χ3v) is 8.06. The van der Waals surface area contributed by atoms with Crippen LogP contribution in [0.25, 0.3) is 0 Å². The van der Waals surface area contributed by atoms with Gasteiger partial charge in [-0.25, -0.2) is 0 Å². The average molecular weight is 611 g/mol. The fourth-order valence-corrected chi connectivity index (χ4v) is 5.32. The van der Waals surface area contributed by atoms with Gasteiger partial charge in [0.05, 0.1) is 6.10 Å². The summed E-state index contributed by atoms with van der Waals surface area (Å²) < 4.78 is 0. The maximum atomic E-state index is 10.3. The third-order valence-electron chi connectivity index (χ3n) is 8.06. The van der Waals surface area contributed by atoms with E-state index in [-0.39, 0.29) is 32.0 Å². The first-order valence-corrected chi connectivity index (χ1v) is 18.1. The summed E-state index contributed by atoms with van der Waals surface area (Å²) in [5.41, 5.74) is 0. The number of hydrogen-bond donors (Lipinski definition) is 3. The van der Waals surface area contributed by atoms with Gasteiger partial charge in [0.25, 0.3) is 0 Å². The van der Waals surface area contributed by atoms with E-state index in [2.05, 4.69) is 13.8 Å². The maximum absolute atomic E-state index is 10.3. The quantitative estimate of drug-likeness (QED) is 0.0520. The summed E-state index contributed by atoms with van der Waals surface area (Å²) in [6.45, 7) is 4.48. The molecule has 0 fully saturated rings. The zero-order chi connectivity index (χ0) is 30.7. The van der Waals surface area contributed by atoms with Gasteiger partial charge in [-0.1, -0.05) is 174 Å². The minimum atomic E-state index is -0.678. The molecule has 0 saturated heterocycles. The number of aliphatic carboxylic acids is 2. The van der Waals surface area contributed by atoms with Gasteiger partial charge >= 0.3 is 35.0 Å². The molecule has 0 radical (unpaired) electrons. The van der Waals surface area contributed by atoms with Crippen LogP contribution in [0.3, 0.4) is 0 Å². The summed E-state index contributed by atoms with van der Waals surface area (Å²) in [7, 11) is 0. The second kappa shape index (κ2) is 40.7. The minimum Gasteiger partial charge on any atom is -1.00 e. The fourth-order valence-electron chi connectivity index (χ4n) is 5.32. The third kappa shape index (κ3) is 46.6. The Hall–Kier alpha value is -0.334. The number of aliphatic hydroxyl groups excluding tert-OH is 1. The minimum absolute atomic E-state index is 0. The second-order valence-corrected chi connectivity index (χ2v) is 12.4. The van der Waals surface area contributed by atoms with E-state index < -0.39 is 11.9 Å². The molecule has 6 heteroatoms. The SMILES string of the molecule is CCCCCCC(O)CCCCCCCCCCC(=O)O.CCCCCCCCCCCCCCCCCC(=O)O.[H-].[H-].[Mg+2]. The molecule has 0 aromatic rings. The van der Waals surface area contributed by atoms with Crippen molar-refractivity contribution in [2.24, 2.45) is 0 Å². The second-order valence-electron chi connectivity index (χ2n) is 12.4. The predicted octanol–water partition coefficient (Wildman–Crippen LogP) is 11.5. The van der Waals surface area contributed by atoms with E-state index in [1.165, 1.54) is 135 Å². The molecule has 0 aliphatic heterocycles. The van der Waals surface area contributed by atoms with Gasteiger partial charge in [-0.15, -0.1) is 0 Å². The van der Waals surface area contributed by atoms with Crippen molar-refractivity contribution in [2.45, 2.75) is 219 Å². The average Bonchev–Trinajstić information content (AvgIpc) is 2.94. The summed E-state index contributed by atoms with van der Waals surface area (Å²) in [6, 6.07) is 0. The molecule has 0 heterocycles. The molecule has 5 nitrogen and oxygen atoms in total. The number of carbonyl (C=O) groups is 2. The fraction of sp³-hybridized carbons (Fsp3) is 0.944. The smallest absolute Gasteiger partial charge is 1.00 e. The van der Waals surface area contributed by atoms with Crippen molar-refractivity contribution in [1.82, 2.24) is 0 Å². The maximum Gasteiger partial charge on any atom is 2.00 e. The number of unbranched alkanes of at least 4 members (excludes halogenated alkanes) is 24. The number of rotatable bonds is 32. The first-order valence-electron chi connectivity index (χ1n) is 18.1. The van der Waals surface area contributed by atoms with E-state index >= 15 is 0 Å². The summed E-state index contributed by atoms with van der Waals surface area (Å²) in [5, 5.41) is 26.9. The Morgan fingerprint density at radius 3 is 0.905 bits per heavy atom. The molecular formula is C36H74MgO5. The van der Waals surface area contributed by atoms with Crippen molar-refractivity contribution in [1.29, 1.82) is 0 Å². The van der Waals surface area contributed by atoms with Crippen molar-refractivity contribution in [2.75, 3.05) is 0 Å². The van der Waals surface area contributed by atoms with E-state index in [0.29, 0.717) is 12.8 Å². The molecule has 1 unspecified atom stereocenters. The summed E-state index contributed by atoms with van der Waals surface area (Å²) in [5.74, 6) is -1.33. The molecule has 1 atom stereocenters. The summed E-state index contributed by atoms with van der Waals surface area (Å²) >= 11 is 0. The van der Waals surface area contributed by atoms with Crippen molar-refractivity contribution < 1.29 is 27.8 Å². The van der Waals surface area contributed by atoms with Gasteiger partial charge in [0.1, 0.15) is 0 Å². The van der Waals surface area contributed by atoms with E-state index in [1.807, 2.05) is 0 Å². The van der Waals surface area contributed by atoms with E-state index in [1.54, 1.807) is 0 Å². The van der Waals surface area contributed by atoms with Gasteiger partial charge < -0.3 is 18.2 Å². The van der Waals surface area contributed by atoms with E-state index in [0.717, 1.165) is 51.4 Å². The zero-order valence-corrected chi connectivity index (χ0v) is 29.8. The Morgan fingerprint density at radius 2 is 0.643 bits per heavy atom. The first-order chi connectivity index (χ1) is 19.9. The zero-order valence-electron chi connectivity index (χ0n) is 30.4. The van der Waals surface area contributed by atoms with Crippen LogP contribution in [0.4, 0.5) is 0 Å². The molecular weight excluding hydrogens is 537 g/mol. The van der Waals surface area contributed by atoms with E-state index in [4.69, 9.17) is 10.2 Å². The van der Waals surface area contributed by atoms with Crippen molar-refractivity contribution in [3.63, 3.8) is 0 Å². The van der Waals surface area contributed by atoms with Crippen LogP contribution in [0, 0.1) is 0 Å². The Labute approximate surface area is 280 Å². The van der Waals surface area contributed by atoms with Gasteiger partial charge in [-0.05, 0) is 25.7 Å². The molecule has 42 heavy (non-hydrogen) atoms. The van der Waals surface area contributed by atoms with Crippen LogP contribution >= 0.6 is 0 Å². The molecule has 0 saturated carbocycles. The van der Waals surface area contributed by atoms with Gasteiger partial charge in [-0.3, -0.25) is 9.59 Å². The van der Waals surface area contributed by atoms with Crippen LogP contribution in [-0.4, -0.2) is 56.4 Å².